The minimum atomic E-state index is -0.164. The van der Waals surface area contributed by atoms with Crippen molar-refractivity contribution in [1.82, 2.24) is 10.2 Å². The average Bonchev–Trinajstić information content (AvgIpc) is 2.44. The van der Waals surface area contributed by atoms with Crippen LogP contribution in [0.4, 0.5) is 4.39 Å². The van der Waals surface area contributed by atoms with Gasteiger partial charge in [0.15, 0.2) is 0 Å². The zero-order chi connectivity index (χ0) is 13.5. The molecule has 2 rings (SSSR count). The monoisotopic (exact) mass is 330 g/mol. The highest BCUT2D eigenvalue weighted by Gasteiger charge is 2.09. The first-order valence-electron chi connectivity index (χ1n) is 6.71. The van der Waals surface area contributed by atoms with Gasteiger partial charge in [-0.15, -0.1) is 0 Å². The van der Waals surface area contributed by atoms with Crippen LogP contribution in [0, 0.1) is 5.82 Å². The summed E-state index contributed by atoms with van der Waals surface area (Å²) in [6.07, 6.45) is 1.08. The van der Waals surface area contributed by atoms with E-state index in [2.05, 4.69) is 26.1 Å². The highest BCUT2D eigenvalue weighted by atomic mass is 79.9. The van der Waals surface area contributed by atoms with Crippen molar-refractivity contribution in [3.8, 4) is 0 Å². The van der Waals surface area contributed by atoms with Crippen LogP contribution in [-0.2, 0) is 11.3 Å². The number of benzene rings is 1. The molecule has 0 saturated carbocycles. The summed E-state index contributed by atoms with van der Waals surface area (Å²) in [4.78, 5) is 2.41. The van der Waals surface area contributed by atoms with E-state index in [0.717, 1.165) is 45.8 Å². The molecular formula is C14H20BrFN2O. The third kappa shape index (κ3) is 4.84. The molecule has 0 radical (unpaired) electrons. The molecule has 0 aromatic heterocycles. The van der Waals surface area contributed by atoms with E-state index in [1.54, 1.807) is 6.07 Å². The number of nitrogens with one attached hydrogen (secondary N) is 1. The van der Waals surface area contributed by atoms with Crippen molar-refractivity contribution < 1.29 is 9.13 Å². The topological polar surface area (TPSA) is 24.5 Å². The fourth-order valence-electron chi connectivity index (χ4n) is 2.16. The maximum Gasteiger partial charge on any atom is 0.141 e. The number of ether oxygens (including phenoxy) is 1. The standard InChI is InChI=1S/C14H20BrFN2O/c15-13-4-1-3-12(14(13)16)11-17-5-2-6-18-7-9-19-10-8-18/h1,3-4,17H,2,5-11H2. The molecule has 1 fully saturated rings. The fourth-order valence-corrected chi connectivity index (χ4v) is 2.57. The smallest absolute Gasteiger partial charge is 0.141 e. The zero-order valence-electron chi connectivity index (χ0n) is 11.0. The maximum absolute atomic E-state index is 13.7. The van der Waals surface area contributed by atoms with Gasteiger partial charge in [-0.25, -0.2) is 4.39 Å². The van der Waals surface area contributed by atoms with Crippen LogP contribution in [-0.4, -0.2) is 44.3 Å². The molecule has 1 aliphatic heterocycles. The van der Waals surface area contributed by atoms with Gasteiger partial charge in [-0.1, -0.05) is 12.1 Å². The normalized spacial score (nSPS) is 16.7. The van der Waals surface area contributed by atoms with Crippen LogP contribution < -0.4 is 5.32 Å². The SMILES string of the molecule is Fc1c(Br)cccc1CNCCCN1CCOCC1. The van der Waals surface area contributed by atoms with Crippen molar-refractivity contribution in [3.63, 3.8) is 0 Å². The summed E-state index contributed by atoms with van der Waals surface area (Å²) in [5.41, 5.74) is 0.709. The summed E-state index contributed by atoms with van der Waals surface area (Å²) >= 11 is 3.20. The molecule has 0 amide bonds. The predicted molar refractivity (Wildman–Crippen MR) is 77.7 cm³/mol. The van der Waals surface area contributed by atoms with Gasteiger partial charge < -0.3 is 10.1 Å². The number of rotatable bonds is 6. The van der Waals surface area contributed by atoms with Crippen LogP contribution in [0.1, 0.15) is 12.0 Å². The Morgan fingerprint density at radius 1 is 1.32 bits per heavy atom. The lowest BCUT2D eigenvalue weighted by Gasteiger charge is -2.26. The summed E-state index contributed by atoms with van der Waals surface area (Å²) in [6.45, 7) is 6.31. The minimum absolute atomic E-state index is 0.164. The number of hydrogen-bond acceptors (Lipinski definition) is 3. The van der Waals surface area contributed by atoms with Crippen LogP contribution in [0.15, 0.2) is 22.7 Å². The van der Waals surface area contributed by atoms with Crippen molar-refractivity contribution in [2.75, 3.05) is 39.4 Å². The van der Waals surface area contributed by atoms with E-state index in [-0.39, 0.29) is 5.82 Å². The van der Waals surface area contributed by atoms with Crippen molar-refractivity contribution in [2.24, 2.45) is 0 Å². The van der Waals surface area contributed by atoms with Crippen molar-refractivity contribution in [2.45, 2.75) is 13.0 Å². The Labute approximate surface area is 122 Å². The minimum Gasteiger partial charge on any atom is -0.379 e. The predicted octanol–water partition coefficient (Wildman–Crippen LogP) is 2.40. The Morgan fingerprint density at radius 3 is 2.89 bits per heavy atom. The van der Waals surface area contributed by atoms with Gasteiger partial charge in [-0.2, -0.15) is 0 Å². The van der Waals surface area contributed by atoms with Gasteiger partial charge in [0, 0.05) is 25.2 Å². The molecule has 0 unspecified atom stereocenters. The van der Waals surface area contributed by atoms with Crippen LogP contribution in [0.2, 0.25) is 0 Å². The van der Waals surface area contributed by atoms with E-state index in [4.69, 9.17) is 4.74 Å². The van der Waals surface area contributed by atoms with E-state index in [1.165, 1.54) is 0 Å². The lowest BCUT2D eigenvalue weighted by Crippen LogP contribution is -2.37. The van der Waals surface area contributed by atoms with Crippen molar-refractivity contribution >= 4 is 15.9 Å². The van der Waals surface area contributed by atoms with Crippen molar-refractivity contribution in [3.05, 3.63) is 34.1 Å². The lowest BCUT2D eigenvalue weighted by atomic mass is 10.2. The molecule has 3 nitrogen and oxygen atoms in total. The first-order chi connectivity index (χ1) is 9.27. The molecule has 5 heteroatoms. The fraction of sp³-hybridized carbons (Fsp3) is 0.571. The maximum atomic E-state index is 13.7. The van der Waals surface area contributed by atoms with Crippen LogP contribution in [0.3, 0.4) is 0 Å². The largest absolute Gasteiger partial charge is 0.379 e. The Morgan fingerprint density at radius 2 is 2.11 bits per heavy atom. The highest BCUT2D eigenvalue weighted by molar-refractivity contribution is 9.10. The third-order valence-electron chi connectivity index (χ3n) is 3.28. The average molecular weight is 331 g/mol. The van der Waals surface area contributed by atoms with E-state index < -0.39 is 0 Å². The quantitative estimate of drug-likeness (QED) is 0.810. The summed E-state index contributed by atoms with van der Waals surface area (Å²) < 4.78 is 19.5. The molecule has 1 saturated heterocycles. The highest BCUT2D eigenvalue weighted by Crippen LogP contribution is 2.18. The Kier molecular flexibility index (Phi) is 6.23. The van der Waals surface area contributed by atoms with Crippen LogP contribution >= 0.6 is 15.9 Å². The van der Waals surface area contributed by atoms with Gasteiger partial charge in [0.2, 0.25) is 0 Å². The number of hydrogen-bond donors (Lipinski definition) is 1. The van der Waals surface area contributed by atoms with Gasteiger partial charge in [-0.05, 0) is 41.5 Å². The van der Waals surface area contributed by atoms with E-state index in [0.29, 0.717) is 16.6 Å². The summed E-state index contributed by atoms with van der Waals surface area (Å²) in [5.74, 6) is -0.164. The zero-order valence-corrected chi connectivity index (χ0v) is 12.6. The van der Waals surface area contributed by atoms with Gasteiger partial charge in [0.25, 0.3) is 0 Å². The van der Waals surface area contributed by atoms with Gasteiger partial charge in [0.1, 0.15) is 5.82 Å². The summed E-state index contributed by atoms with van der Waals surface area (Å²) in [5, 5.41) is 3.29. The number of halogens is 2. The molecule has 1 aromatic rings. The molecule has 0 aliphatic carbocycles. The third-order valence-corrected chi connectivity index (χ3v) is 3.89. The van der Waals surface area contributed by atoms with Crippen molar-refractivity contribution in [1.29, 1.82) is 0 Å². The Bertz CT molecular complexity index is 397. The molecule has 0 bridgehead atoms. The second-order valence-electron chi connectivity index (χ2n) is 4.70. The van der Waals surface area contributed by atoms with Crippen LogP contribution in [0.5, 0.6) is 0 Å². The molecule has 0 atom stereocenters. The summed E-state index contributed by atoms with van der Waals surface area (Å²) in [6, 6.07) is 5.39. The Balaban J connectivity index is 1.62. The molecule has 106 valence electrons. The van der Waals surface area contributed by atoms with E-state index in [9.17, 15) is 4.39 Å². The molecular weight excluding hydrogens is 311 g/mol. The molecule has 1 N–H and O–H groups in total. The number of nitrogens with zero attached hydrogens (tertiary/aromatic N) is 1. The Hall–Kier alpha value is -0.490. The second-order valence-corrected chi connectivity index (χ2v) is 5.55. The van der Waals surface area contributed by atoms with E-state index >= 15 is 0 Å². The van der Waals surface area contributed by atoms with Crippen LogP contribution in [0.25, 0.3) is 0 Å². The summed E-state index contributed by atoms with van der Waals surface area (Å²) in [7, 11) is 0. The lowest BCUT2D eigenvalue weighted by molar-refractivity contribution is 0.0374. The molecule has 1 aromatic carbocycles. The van der Waals surface area contributed by atoms with Gasteiger partial charge in [-0.3, -0.25) is 4.90 Å². The first-order valence-corrected chi connectivity index (χ1v) is 7.50. The van der Waals surface area contributed by atoms with Gasteiger partial charge >= 0.3 is 0 Å². The molecule has 0 spiro atoms. The molecule has 1 aliphatic rings. The first kappa shape index (κ1) is 14.9. The number of morpholine rings is 1. The molecule has 1 heterocycles. The van der Waals surface area contributed by atoms with E-state index in [1.807, 2.05) is 12.1 Å². The van der Waals surface area contributed by atoms with Gasteiger partial charge in [0.05, 0.1) is 17.7 Å². The second kappa shape index (κ2) is 7.94. The molecule has 19 heavy (non-hydrogen) atoms.